The smallest absolute Gasteiger partial charge is 0.227 e. The second-order valence-corrected chi connectivity index (χ2v) is 17.5. The SMILES string of the molecule is [2H]C(C)(C)N1C=CN(c2c(C)ccc3c2oc2ncccc23)C1C.[2H]C([2H])([2H])C([2H])(C)N1C=CN(c2c(C)ccc3c2oc2ncccc23)C1C.[2H]C([2H])([2H])N1C=CN(c2c(C)ccc3c2oc2ncccc23)C1C. The Morgan fingerprint density at radius 1 is 0.478 bits per heavy atom. The van der Waals surface area contributed by atoms with E-state index in [-0.39, 0.29) is 18.5 Å². The summed E-state index contributed by atoms with van der Waals surface area (Å²) in [6, 6.07) is 21.5. The molecular formula is C55H59N9O3. The van der Waals surface area contributed by atoms with E-state index in [4.69, 9.17) is 24.2 Å². The van der Waals surface area contributed by atoms with Gasteiger partial charge in [0, 0.05) is 115 Å². The van der Waals surface area contributed by atoms with Crippen molar-refractivity contribution in [1.82, 2.24) is 29.7 Å². The Kier molecular flexibility index (Phi) is 8.87. The van der Waals surface area contributed by atoms with Crippen molar-refractivity contribution in [3.63, 3.8) is 0 Å². The predicted molar refractivity (Wildman–Crippen MR) is 274 cm³/mol. The zero-order valence-corrected chi connectivity index (χ0v) is 39.1. The number of rotatable bonds is 5. The molecule has 3 aliphatic rings. The van der Waals surface area contributed by atoms with Crippen molar-refractivity contribution in [2.45, 2.75) is 99.7 Å². The highest BCUT2D eigenvalue weighted by molar-refractivity contribution is 6.10. The number of benzene rings is 3. The van der Waals surface area contributed by atoms with Gasteiger partial charge in [-0.15, -0.1) is 0 Å². The number of furan rings is 3. The molecule has 4 atom stereocenters. The van der Waals surface area contributed by atoms with Crippen molar-refractivity contribution in [1.29, 1.82) is 0 Å². The van der Waals surface area contributed by atoms with E-state index in [1.165, 1.54) is 11.8 Å². The fourth-order valence-electron chi connectivity index (χ4n) is 9.52. The van der Waals surface area contributed by atoms with Crippen LogP contribution in [0.15, 0.2) is 142 Å². The monoisotopic (exact) mass is 902 g/mol. The van der Waals surface area contributed by atoms with Crippen LogP contribution in [0.4, 0.5) is 17.1 Å². The summed E-state index contributed by atoms with van der Waals surface area (Å²) in [7, 11) is 0. The van der Waals surface area contributed by atoms with Crippen molar-refractivity contribution >= 4 is 83.3 Å². The second kappa shape index (κ2) is 17.1. The summed E-state index contributed by atoms with van der Waals surface area (Å²) in [6.07, 6.45) is 15.4. The average Bonchev–Trinajstić information content (AvgIpc) is 4.22. The maximum Gasteiger partial charge on any atom is 0.227 e. The molecule has 3 aliphatic heterocycles. The molecule has 67 heavy (non-hydrogen) atoms. The zero-order chi connectivity index (χ0) is 53.7. The Hall–Kier alpha value is -7.47. The molecule has 9 heterocycles. The summed E-state index contributed by atoms with van der Waals surface area (Å²) < 4.78 is 81.1. The normalized spacial score (nSPS) is 21.3. The molecule has 9 aromatic rings. The highest BCUT2D eigenvalue weighted by atomic mass is 16.3. The first-order valence-corrected chi connectivity index (χ1v) is 22.4. The Balaban J connectivity index is 0.000000129. The summed E-state index contributed by atoms with van der Waals surface area (Å²) in [5.41, 5.74) is 10.0. The summed E-state index contributed by atoms with van der Waals surface area (Å²) in [4.78, 5) is 24.0. The molecule has 12 rings (SSSR count). The summed E-state index contributed by atoms with van der Waals surface area (Å²) in [6.45, 7) is 12.5. The van der Waals surface area contributed by atoms with Crippen LogP contribution < -0.4 is 14.7 Å². The highest BCUT2D eigenvalue weighted by Gasteiger charge is 2.31. The molecule has 3 aromatic carbocycles. The second-order valence-electron chi connectivity index (χ2n) is 17.5. The molecule has 0 amide bonds. The number of pyridine rings is 3. The third-order valence-corrected chi connectivity index (χ3v) is 13.0. The molecule has 0 bridgehead atoms. The van der Waals surface area contributed by atoms with Gasteiger partial charge in [-0.05, 0) is 122 Å². The number of hydrogen-bond donors (Lipinski definition) is 0. The molecule has 0 saturated carbocycles. The maximum atomic E-state index is 8.41. The lowest BCUT2D eigenvalue weighted by molar-refractivity contribution is 0.263. The highest BCUT2D eigenvalue weighted by Crippen LogP contribution is 2.42. The van der Waals surface area contributed by atoms with Crippen LogP contribution in [0.3, 0.4) is 0 Å². The Morgan fingerprint density at radius 3 is 1.19 bits per heavy atom. The van der Waals surface area contributed by atoms with Gasteiger partial charge in [-0.1, -0.05) is 36.4 Å². The van der Waals surface area contributed by atoms with Gasteiger partial charge in [0.05, 0.1) is 19.8 Å². The lowest BCUT2D eigenvalue weighted by Crippen LogP contribution is -2.39. The molecule has 6 aromatic heterocycles. The molecule has 0 radical (unpaired) electrons. The van der Waals surface area contributed by atoms with Crippen molar-refractivity contribution in [3.8, 4) is 0 Å². The summed E-state index contributed by atoms with van der Waals surface area (Å²) >= 11 is 0. The fourth-order valence-corrected chi connectivity index (χ4v) is 9.52. The van der Waals surface area contributed by atoms with Crippen LogP contribution in [0.25, 0.3) is 66.2 Å². The molecule has 342 valence electrons. The van der Waals surface area contributed by atoms with Crippen LogP contribution in [0.5, 0.6) is 0 Å². The van der Waals surface area contributed by atoms with Crippen LogP contribution >= 0.6 is 0 Å². The standard InChI is InChI=1S/2C19H21N3O.C17H17N3O/c2*1-12(2)21-10-11-22(14(21)4)17-13(3)7-8-15-16-6-5-9-20-19(16)23-18(15)17;1-11-6-7-13-14-5-4-8-18-17(14)21-16(13)15(11)20-10-9-19(3)12(20)2/h2*5-12,14H,1-4H3;4-10,12H,1-3H3/i1D3,12D;12D;3D3. The van der Waals surface area contributed by atoms with E-state index in [1.807, 2.05) is 136 Å². The Morgan fingerprint density at radius 2 is 0.851 bits per heavy atom. The Labute approximate surface area is 402 Å². The van der Waals surface area contributed by atoms with E-state index >= 15 is 0 Å². The van der Waals surface area contributed by atoms with Crippen molar-refractivity contribution < 1.29 is 24.2 Å². The first-order valence-electron chi connectivity index (χ1n) is 26.4. The summed E-state index contributed by atoms with van der Waals surface area (Å²) in [5.74, 6) is 0. The third kappa shape index (κ3) is 7.35. The quantitative estimate of drug-likeness (QED) is 0.164. The van der Waals surface area contributed by atoms with Crippen LogP contribution in [-0.2, 0) is 0 Å². The third-order valence-electron chi connectivity index (χ3n) is 13.0. The van der Waals surface area contributed by atoms with Crippen LogP contribution in [0.1, 0.15) is 76.1 Å². The van der Waals surface area contributed by atoms with Crippen molar-refractivity contribution in [2.75, 3.05) is 21.7 Å². The maximum absolute atomic E-state index is 8.41. The van der Waals surface area contributed by atoms with Crippen molar-refractivity contribution in [2.24, 2.45) is 0 Å². The summed E-state index contributed by atoms with van der Waals surface area (Å²) in [5, 5.41) is 5.94. The average molecular weight is 902 g/mol. The van der Waals surface area contributed by atoms with E-state index < -0.39 is 25.9 Å². The molecule has 12 nitrogen and oxygen atoms in total. The number of aromatic nitrogens is 3. The fraction of sp³-hybridized carbons (Fsp3) is 0.291. The van der Waals surface area contributed by atoms with Crippen molar-refractivity contribution in [3.05, 3.63) is 145 Å². The lowest BCUT2D eigenvalue weighted by Gasteiger charge is -2.33. The number of fused-ring (bicyclic) bond motifs is 9. The molecular weight excluding hydrogens is 835 g/mol. The molecule has 0 spiro atoms. The molecule has 12 heteroatoms. The molecule has 0 aliphatic carbocycles. The number of hydrogen-bond acceptors (Lipinski definition) is 12. The van der Waals surface area contributed by atoms with Crippen LogP contribution in [0.2, 0.25) is 0 Å². The van der Waals surface area contributed by atoms with Gasteiger partial charge in [0.2, 0.25) is 17.1 Å². The van der Waals surface area contributed by atoms with E-state index in [0.717, 1.165) is 77.2 Å². The van der Waals surface area contributed by atoms with Gasteiger partial charge in [-0.2, -0.15) is 0 Å². The van der Waals surface area contributed by atoms with Crippen LogP contribution in [-0.4, -0.2) is 67.2 Å². The minimum atomic E-state index is -2.44. The Bertz CT molecular complexity index is 3580. The van der Waals surface area contributed by atoms with E-state index in [1.54, 1.807) is 42.1 Å². The number of anilines is 3. The topological polar surface area (TPSA) is 97.5 Å². The minimum Gasteiger partial charge on any atom is -0.435 e. The number of aryl methyl sites for hydroxylation is 3. The van der Waals surface area contributed by atoms with Gasteiger partial charge in [-0.25, -0.2) is 15.0 Å². The zero-order valence-electron chi connectivity index (χ0n) is 47.1. The van der Waals surface area contributed by atoms with E-state index in [9.17, 15) is 0 Å². The first kappa shape index (κ1) is 34.8. The number of nitrogens with zero attached hydrogens (tertiary/aromatic N) is 9. The van der Waals surface area contributed by atoms with E-state index in [0.29, 0.717) is 22.7 Å². The molecule has 0 N–H and O–H groups in total. The first-order chi connectivity index (χ1) is 35.4. The van der Waals surface area contributed by atoms with E-state index in [2.05, 4.69) is 45.8 Å². The minimum absolute atomic E-state index is 0.0444. The van der Waals surface area contributed by atoms with Gasteiger partial charge < -0.3 is 42.7 Å². The van der Waals surface area contributed by atoms with Gasteiger partial charge in [0.1, 0.15) is 18.5 Å². The van der Waals surface area contributed by atoms with Crippen LogP contribution in [0, 0.1) is 20.8 Å². The predicted octanol–water partition coefficient (Wildman–Crippen LogP) is 13.1. The lowest BCUT2D eigenvalue weighted by atomic mass is 10.1. The van der Waals surface area contributed by atoms with Gasteiger partial charge in [-0.3, -0.25) is 0 Å². The largest absolute Gasteiger partial charge is 0.435 e. The van der Waals surface area contributed by atoms with Gasteiger partial charge >= 0.3 is 0 Å². The van der Waals surface area contributed by atoms with Gasteiger partial charge in [0.25, 0.3) is 0 Å². The molecule has 0 saturated heterocycles. The molecule has 4 unspecified atom stereocenters. The molecule has 0 fully saturated rings. The van der Waals surface area contributed by atoms with Gasteiger partial charge in [0.15, 0.2) is 16.7 Å².